The Morgan fingerprint density at radius 3 is 2.69 bits per heavy atom. The number of anilines is 1. The molecular weight excluding hydrogens is 420 g/mol. The zero-order chi connectivity index (χ0) is 22.1. The second-order valence-corrected chi connectivity index (χ2v) is 8.54. The lowest BCUT2D eigenvalue weighted by atomic mass is 10.1. The van der Waals surface area contributed by atoms with Crippen LogP contribution in [0, 0.1) is 30.4 Å². The predicted molar refractivity (Wildman–Crippen MR) is 109 cm³/mol. The molecule has 4 heterocycles. The number of imidazole rings is 1. The van der Waals surface area contributed by atoms with Gasteiger partial charge in [0.05, 0.1) is 6.33 Å². The van der Waals surface area contributed by atoms with Crippen LogP contribution in [0.1, 0.15) is 23.2 Å². The Labute approximate surface area is 180 Å². The molecule has 3 atom stereocenters. The summed E-state index contributed by atoms with van der Waals surface area (Å²) in [5, 5.41) is 4.10. The lowest BCUT2D eigenvalue weighted by Crippen LogP contribution is -2.26. The van der Waals surface area contributed by atoms with Gasteiger partial charge in [-0.05, 0) is 30.4 Å². The zero-order valence-electron chi connectivity index (χ0n) is 17.4. The van der Waals surface area contributed by atoms with E-state index in [9.17, 15) is 13.6 Å². The second-order valence-electron chi connectivity index (χ2n) is 8.54. The van der Waals surface area contributed by atoms with E-state index >= 15 is 0 Å². The largest absolute Gasteiger partial charge is 0.366 e. The molecule has 9 nitrogen and oxygen atoms in total. The van der Waals surface area contributed by atoms with E-state index < -0.39 is 11.6 Å². The van der Waals surface area contributed by atoms with Crippen molar-refractivity contribution in [2.75, 3.05) is 18.0 Å². The van der Waals surface area contributed by atoms with E-state index in [0.29, 0.717) is 41.5 Å². The first-order valence-electron chi connectivity index (χ1n) is 10.3. The van der Waals surface area contributed by atoms with Gasteiger partial charge in [-0.25, -0.2) is 18.7 Å². The molecule has 0 bridgehead atoms. The summed E-state index contributed by atoms with van der Waals surface area (Å²) in [6, 6.07) is 2.75. The number of halogens is 2. The number of nitrogens with zero attached hydrogens (tertiary/aromatic N) is 7. The first-order valence-corrected chi connectivity index (χ1v) is 10.3. The van der Waals surface area contributed by atoms with Crippen molar-refractivity contribution in [2.24, 2.45) is 18.9 Å². The smallest absolute Gasteiger partial charge is 0.280 e. The van der Waals surface area contributed by atoms with Crippen LogP contribution in [-0.2, 0) is 13.6 Å². The van der Waals surface area contributed by atoms with E-state index in [-0.39, 0.29) is 35.5 Å². The molecule has 1 aromatic carbocycles. The number of piperidine rings is 1. The maximum atomic E-state index is 14.5. The maximum absolute atomic E-state index is 14.5. The third-order valence-corrected chi connectivity index (χ3v) is 6.56. The van der Waals surface area contributed by atoms with Gasteiger partial charge in [0.1, 0.15) is 24.4 Å². The van der Waals surface area contributed by atoms with E-state index in [1.807, 2.05) is 0 Å². The van der Waals surface area contributed by atoms with E-state index in [1.165, 1.54) is 29.4 Å². The molecule has 1 aliphatic carbocycles. The van der Waals surface area contributed by atoms with Crippen LogP contribution in [0.2, 0.25) is 0 Å². The Bertz CT molecular complexity index is 1410. The predicted octanol–water partition coefficient (Wildman–Crippen LogP) is 2.00. The van der Waals surface area contributed by atoms with Crippen molar-refractivity contribution in [3.63, 3.8) is 0 Å². The molecule has 11 heteroatoms. The summed E-state index contributed by atoms with van der Waals surface area (Å²) < 4.78 is 37.1. The number of hydrogen-bond donors (Lipinski definition) is 0. The molecule has 0 amide bonds. The number of aryl methyl sites for hydroxylation is 2. The van der Waals surface area contributed by atoms with Gasteiger partial charge in [-0.1, -0.05) is 11.2 Å². The minimum atomic E-state index is -0.544. The summed E-state index contributed by atoms with van der Waals surface area (Å²) in [6.45, 7) is 2.81. The van der Waals surface area contributed by atoms with Crippen molar-refractivity contribution in [2.45, 2.75) is 19.4 Å². The molecule has 3 aromatic heterocycles. The van der Waals surface area contributed by atoms with Gasteiger partial charge in [-0.3, -0.25) is 9.36 Å². The van der Waals surface area contributed by atoms with Crippen molar-refractivity contribution >= 4 is 16.9 Å². The van der Waals surface area contributed by atoms with Crippen LogP contribution in [0.15, 0.2) is 34.1 Å². The zero-order valence-corrected chi connectivity index (χ0v) is 17.4. The van der Waals surface area contributed by atoms with Gasteiger partial charge < -0.3 is 14.0 Å². The van der Waals surface area contributed by atoms with Crippen LogP contribution in [-0.4, -0.2) is 42.3 Å². The van der Waals surface area contributed by atoms with Crippen molar-refractivity contribution in [1.29, 1.82) is 0 Å². The first-order chi connectivity index (χ1) is 15.4. The summed E-state index contributed by atoms with van der Waals surface area (Å²) in [7, 11) is 1.73. The Kier molecular flexibility index (Phi) is 3.99. The Hall–Kier alpha value is -3.63. The van der Waals surface area contributed by atoms with Gasteiger partial charge in [0.25, 0.3) is 5.56 Å². The highest BCUT2D eigenvalue weighted by atomic mass is 19.1. The van der Waals surface area contributed by atoms with Crippen molar-refractivity contribution in [1.82, 2.24) is 29.2 Å². The highest BCUT2D eigenvalue weighted by Crippen LogP contribution is 2.58. The quantitative estimate of drug-likeness (QED) is 0.480. The molecule has 1 saturated carbocycles. The van der Waals surface area contributed by atoms with E-state index in [0.717, 1.165) is 0 Å². The molecule has 0 spiro atoms. The molecule has 164 valence electrons. The van der Waals surface area contributed by atoms with Crippen molar-refractivity contribution < 1.29 is 13.3 Å². The fourth-order valence-electron chi connectivity index (χ4n) is 4.82. The van der Waals surface area contributed by atoms with Crippen LogP contribution in [0.5, 0.6) is 0 Å². The van der Waals surface area contributed by atoms with E-state index in [2.05, 4.69) is 20.1 Å². The van der Waals surface area contributed by atoms with Crippen molar-refractivity contribution in [3.8, 4) is 0 Å². The molecule has 0 N–H and O–H groups in total. The average Bonchev–Trinajstić information content (AvgIpc) is 3.18. The first kappa shape index (κ1) is 19.1. The fourth-order valence-corrected chi connectivity index (χ4v) is 4.82. The SMILES string of the molecule is Cc1ccc(F)c(N2C[C@@H]3C(c4noc(Cn5cnc6ncn(C)c6c5=O)n4)[C@@H]3C2)c1F. The van der Waals surface area contributed by atoms with Crippen LogP contribution in [0.4, 0.5) is 14.5 Å². The number of fused-ring (bicyclic) bond motifs is 2. The molecular formula is C21H19F2N7O2. The van der Waals surface area contributed by atoms with Gasteiger partial charge in [0, 0.05) is 26.1 Å². The summed E-state index contributed by atoms with van der Waals surface area (Å²) in [6.07, 6.45) is 2.95. The highest BCUT2D eigenvalue weighted by molar-refractivity contribution is 5.68. The molecule has 1 saturated heterocycles. The van der Waals surface area contributed by atoms with Crippen LogP contribution >= 0.6 is 0 Å². The summed E-state index contributed by atoms with van der Waals surface area (Å²) in [5.41, 5.74) is 1.02. The summed E-state index contributed by atoms with van der Waals surface area (Å²) >= 11 is 0. The molecule has 2 aliphatic rings. The lowest BCUT2D eigenvalue weighted by Gasteiger charge is -2.23. The van der Waals surface area contributed by atoms with Crippen LogP contribution in [0.3, 0.4) is 0 Å². The topological polar surface area (TPSA) is 94.9 Å². The van der Waals surface area contributed by atoms with Gasteiger partial charge in [0.2, 0.25) is 5.89 Å². The Morgan fingerprint density at radius 2 is 1.91 bits per heavy atom. The lowest BCUT2D eigenvalue weighted by molar-refractivity contribution is 0.363. The normalized spacial score (nSPS) is 22.0. The average molecular weight is 439 g/mol. The van der Waals surface area contributed by atoms with Crippen LogP contribution in [0.25, 0.3) is 11.2 Å². The van der Waals surface area contributed by atoms with E-state index in [4.69, 9.17) is 4.52 Å². The molecule has 2 fully saturated rings. The van der Waals surface area contributed by atoms with Crippen LogP contribution < -0.4 is 10.5 Å². The standard InChI is InChI=1S/C21H19F2N7O2/c1-10-3-4-13(22)17(16(10)23)29-5-11-12(6-29)15(11)19-26-14(32-27-19)7-30-9-25-20-18(21(30)31)28(2)8-24-20/h3-4,8-9,11-12,15H,5-7H2,1-2H3/t11-,12+,15?. The highest BCUT2D eigenvalue weighted by Gasteiger charge is 2.59. The van der Waals surface area contributed by atoms with Crippen molar-refractivity contribution in [3.05, 3.63) is 64.1 Å². The summed E-state index contributed by atoms with van der Waals surface area (Å²) in [5.74, 6) is 0.357. The monoisotopic (exact) mass is 439 g/mol. The second kappa shape index (κ2) is 6.68. The Balaban J connectivity index is 1.18. The molecule has 6 rings (SSSR count). The number of benzene rings is 1. The summed E-state index contributed by atoms with van der Waals surface area (Å²) in [4.78, 5) is 27.2. The fraction of sp³-hybridized carbons (Fsp3) is 0.381. The van der Waals surface area contributed by atoms with Gasteiger partial charge in [-0.15, -0.1) is 0 Å². The molecule has 0 radical (unpaired) electrons. The maximum Gasteiger partial charge on any atom is 0.280 e. The number of rotatable bonds is 4. The number of hydrogen-bond acceptors (Lipinski definition) is 7. The minimum absolute atomic E-state index is 0.0437. The number of aromatic nitrogens is 6. The van der Waals surface area contributed by atoms with Gasteiger partial charge in [0.15, 0.2) is 22.8 Å². The molecule has 32 heavy (non-hydrogen) atoms. The van der Waals surface area contributed by atoms with E-state index in [1.54, 1.807) is 23.4 Å². The van der Waals surface area contributed by atoms with Gasteiger partial charge in [-0.2, -0.15) is 4.98 Å². The molecule has 4 aromatic rings. The molecule has 1 unspecified atom stereocenters. The Morgan fingerprint density at radius 1 is 1.16 bits per heavy atom. The minimum Gasteiger partial charge on any atom is -0.366 e. The third kappa shape index (κ3) is 2.76. The third-order valence-electron chi connectivity index (χ3n) is 6.56. The van der Waals surface area contributed by atoms with Gasteiger partial charge >= 0.3 is 0 Å². The molecule has 1 aliphatic heterocycles.